The summed E-state index contributed by atoms with van der Waals surface area (Å²) in [6.07, 6.45) is 0.864. The maximum Gasteiger partial charge on any atom is 0.254 e. The van der Waals surface area contributed by atoms with Crippen LogP contribution in [0.3, 0.4) is 0 Å². The summed E-state index contributed by atoms with van der Waals surface area (Å²) in [5.41, 5.74) is 2.32. The van der Waals surface area contributed by atoms with E-state index >= 15 is 0 Å². The molecule has 1 aliphatic heterocycles. The van der Waals surface area contributed by atoms with Crippen LogP contribution in [0.1, 0.15) is 16.8 Å². The van der Waals surface area contributed by atoms with E-state index in [4.69, 9.17) is 9.84 Å². The van der Waals surface area contributed by atoms with Gasteiger partial charge in [-0.3, -0.25) is 4.79 Å². The molecular weight excluding hydrogens is 404 g/mol. The Morgan fingerprint density at radius 3 is 2.62 bits per heavy atom. The summed E-state index contributed by atoms with van der Waals surface area (Å²) in [7, 11) is 1.61. The predicted molar refractivity (Wildman–Crippen MR) is 122 cm³/mol. The van der Waals surface area contributed by atoms with Crippen LogP contribution in [0.5, 0.6) is 5.75 Å². The molecule has 0 unspecified atom stereocenters. The molecule has 3 heterocycles. The first-order chi connectivity index (χ1) is 15.7. The van der Waals surface area contributed by atoms with Crippen LogP contribution in [0.4, 0.5) is 5.82 Å². The first-order valence-corrected chi connectivity index (χ1v) is 10.7. The van der Waals surface area contributed by atoms with Gasteiger partial charge in [0.15, 0.2) is 11.5 Å². The molecule has 0 N–H and O–H groups in total. The van der Waals surface area contributed by atoms with Crippen molar-refractivity contribution in [2.75, 3.05) is 38.2 Å². The van der Waals surface area contributed by atoms with Gasteiger partial charge < -0.3 is 14.5 Å². The number of aromatic nitrogens is 4. The molecule has 8 nitrogen and oxygen atoms in total. The number of carbonyl (C=O) groups excluding carboxylic acids is 1. The molecular formula is C24H24N6O2. The van der Waals surface area contributed by atoms with E-state index in [0.29, 0.717) is 42.4 Å². The number of amides is 1. The predicted octanol–water partition coefficient (Wildman–Crippen LogP) is 3.15. The Hall–Kier alpha value is -3.94. The average Bonchev–Trinajstić information content (AvgIpc) is 3.12. The van der Waals surface area contributed by atoms with Crippen molar-refractivity contribution in [2.45, 2.75) is 6.42 Å². The second kappa shape index (κ2) is 8.66. The van der Waals surface area contributed by atoms with E-state index in [1.807, 2.05) is 65.6 Å². The number of hydrogen-bond acceptors (Lipinski definition) is 6. The number of benzene rings is 2. The molecule has 0 radical (unpaired) electrons. The summed E-state index contributed by atoms with van der Waals surface area (Å²) in [6.45, 7) is 2.86. The summed E-state index contributed by atoms with van der Waals surface area (Å²) < 4.78 is 7.05. The van der Waals surface area contributed by atoms with Crippen LogP contribution in [0, 0.1) is 0 Å². The molecule has 0 aliphatic carbocycles. The Morgan fingerprint density at radius 2 is 1.78 bits per heavy atom. The van der Waals surface area contributed by atoms with Gasteiger partial charge in [0.1, 0.15) is 11.6 Å². The van der Waals surface area contributed by atoms with Gasteiger partial charge in [0, 0.05) is 37.3 Å². The Bertz CT molecular complexity index is 1240. The molecule has 2 aromatic heterocycles. The normalized spacial score (nSPS) is 14.4. The highest BCUT2D eigenvalue weighted by atomic mass is 16.5. The lowest BCUT2D eigenvalue weighted by molar-refractivity contribution is 0.0766. The summed E-state index contributed by atoms with van der Waals surface area (Å²) in [5.74, 6) is 2.28. The largest absolute Gasteiger partial charge is 0.497 e. The Kier molecular flexibility index (Phi) is 5.41. The number of rotatable bonds is 4. The van der Waals surface area contributed by atoms with E-state index < -0.39 is 0 Å². The van der Waals surface area contributed by atoms with Gasteiger partial charge in [-0.05, 0) is 36.8 Å². The van der Waals surface area contributed by atoms with Crippen molar-refractivity contribution < 1.29 is 9.53 Å². The number of carbonyl (C=O) groups is 1. The van der Waals surface area contributed by atoms with Crippen molar-refractivity contribution in [2.24, 2.45) is 0 Å². The van der Waals surface area contributed by atoms with Crippen molar-refractivity contribution >= 4 is 17.4 Å². The maximum atomic E-state index is 13.0. The van der Waals surface area contributed by atoms with Gasteiger partial charge in [-0.25, -0.2) is 0 Å². The second-order valence-corrected chi connectivity index (χ2v) is 7.72. The number of fused-ring (bicyclic) bond motifs is 1. The van der Waals surface area contributed by atoms with Crippen LogP contribution >= 0.6 is 0 Å². The van der Waals surface area contributed by atoms with Gasteiger partial charge in [0.2, 0.25) is 0 Å². The number of anilines is 1. The smallest absolute Gasteiger partial charge is 0.254 e. The average molecular weight is 428 g/mol. The third-order valence-corrected chi connectivity index (χ3v) is 5.70. The van der Waals surface area contributed by atoms with E-state index in [0.717, 1.165) is 24.3 Å². The fraction of sp³-hybridized carbons (Fsp3) is 0.250. The first-order valence-electron chi connectivity index (χ1n) is 10.7. The van der Waals surface area contributed by atoms with Crippen LogP contribution < -0.4 is 9.64 Å². The van der Waals surface area contributed by atoms with E-state index in [-0.39, 0.29) is 5.91 Å². The molecule has 2 aromatic carbocycles. The minimum atomic E-state index is 0.0272. The maximum absolute atomic E-state index is 13.0. The fourth-order valence-electron chi connectivity index (χ4n) is 4.00. The van der Waals surface area contributed by atoms with Crippen LogP contribution in [-0.2, 0) is 0 Å². The highest BCUT2D eigenvalue weighted by Crippen LogP contribution is 2.21. The molecule has 32 heavy (non-hydrogen) atoms. The minimum Gasteiger partial charge on any atom is -0.497 e. The van der Waals surface area contributed by atoms with E-state index in [2.05, 4.69) is 15.1 Å². The zero-order chi connectivity index (χ0) is 21.9. The Labute approximate surface area is 186 Å². The fourth-order valence-corrected chi connectivity index (χ4v) is 4.00. The van der Waals surface area contributed by atoms with Gasteiger partial charge in [-0.15, -0.1) is 15.3 Å². The quantitative estimate of drug-likeness (QED) is 0.497. The Balaban J connectivity index is 1.35. The van der Waals surface area contributed by atoms with Crippen molar-refractivity contribution in [3.8, 4) is 17.1 Å². The van der Waals surface area contributed by atoms with Gasteiger partial charge >= 0.3 is 0 Å². The zero-order valence-corrected chi connectivity index (χ0v) is 17.9. The molecule has 4 aromatic rings. The van der Waals surface area contributed by atoms with Gasteiger partial charge in [-0.2, -0.15) is 4.52 Å². The van der Waals surface area contributed by atoms with Gasteiger partial charge in [0.05, 0.1) is 7.11 Å². The molecule has 0 bridgehead atoms. The van der Waals surface area contributed by atoms with Gasteiger partial charge in [0.25, 0.3) is 5.91 Å². The molecule has 162 valence electrons. The van der Waals surface area contributed by atoms with Crippen LogP contribution in [0.25, 0.3) is 17.0 Å². The monoisotopic (exact) mass is 428 g/mol. The number of ether oxygens (including phenoxy) is 1. The lowest BCUT2D eigenvalue weighted by Crippen LogP contribution is -2.35. The highest BCUT2D eigenvalue weighted by molar-refractivity contribution is 5.94. The second-order valence-electron chi connectivity index (χ2n) is 7.72. The number of nitrogens with zero attached hydrogens (tertiary/aromatic N) is 6. The summed E-state index contributed by atoms with van der Waals surface area (Å²) in [5, 5.41) is 13.4. The molecule has 5 rings (SSSR count). The van der Waals surface area contributed by atoms with Crippen molar-refractivity contribution in [1.29, 1.82) is 0 Å². The molecule has 1 amide bonds. The van der Waals surface area contributed by atoms with E-state index in [1.165, 1.54) is 0 Å². The van der Waals surface area contributed by atoms with Crippen molar-refractivity contribution in [3.63, 3.8) is 0 Å². The zero-order valence-electron chi connectivity index (χ0n) is 17.9. The number of hydrogen-bond donors (Lipinski definition) is 0. The molecule has 0 spiro atoms. The standard InChI is InChI=1S/C24H24N6O2/c1-32-20-10-5-9-19(17-20)24(31)29-14-6-13-28(15-16-29)22-12-11-21-25-26-23(30(21)27-22)18-7-3-2-4-8-18/h2-5,7-12,17H,6,13-16H2,1H3. The third kappa shape index (κ3) is 3.87. The minimum absolute atomic E-state index is 0.0272. The lowest BCUT2D eigenvalue weighted by atomic mass is 10.2. The van der Waals surface area contributed by atoms with Crippen molar-refractivity contribution in [3.05, 3.63) is 72.3 Å². The molecule has 1 fully saturated rings. The topological polar surface area (TPSA) is 75.9 Å². The van der Waals surface area contributed by atoms with Gasteiger partial charge in [-0.1, -0.05) is 36.4 Å². The molecule has 1 aliphatic rings. The first kappa shape index (κ1) is 20.0. The molecule has 0 saturated carbocycles. The van der Waals surface area contributed by atoms with Crippen molar-refractivity contribution in [1.82, 2.24) is 24.7 Å². The van der Waals surface area contributed by atoms with Crippen LogP contribution in [0.15, 0.2) is 66.7 Å². The molecule has 0 atom stereocenters. The van der Waals surface area contributed by atoms with Crippen LogP contribution in [-0.4, -0.2) is 63.9 Å². The third-order valence-electron chi connectivity index (χ3n) is 5.70. The molecule has 8 heteroatoms. The summed E-state index contributed by atoms with van der Waals surface area (Å²) >= 11 is 0. The highest BCUT2D eigenvalue weighted by Gasteiger charge is 2.22. The van der Waals surface area contributed by atoms with E-state index in [1.54, 1.807) is 17.7 Å². The molecule has 1 saturated heterocycles. The summed E-state index contributed by atoms with van der Waals surface area (Å²) in [4.78, 5) is 17.1. The van der Waals surface area contributed by atoms with E-state index in [9.17, 15) is 4.79 Å². The summed E-state index contributed by atoms with van der Waals surface area (Å²) in [6, 6.07) is 21.1. The lowest BCUT2D eigenvalue weighted by Gasteiger charge is -2.23. The number of methoxy groups -OCH3 is 1. The van der Waals surface area contributed by atoms with Crippen LogP contribution in [0.2, 0.25) is 0 Å². The Morgan fingerprint density at radius 1 is 0.906 bits per heavy atom. The SMILES string of the molecule is COc1cccc(C(=O)N2CCCN(c3ccc4nnc(-c5ccccc5)n4n3)CC2)c1.